The number of aromatic nitrogens is 2. The van der Waals surface area contributed by atoms with Crippen LogP contribution in [0.4, 0.5) is 11.4 Å². The van der Waals surface area contributed by atoms with Crippen molar-refractivity contribution in [2.45, 2.75) is 19.4 Å². The number of carbonyl (C=O) groups excluding carboxylic acids is 2. The van der Waals surface area contributed by atoms with Gasteiger partial charge in [-0.25, -0.2) is 0 Å². The van der Waals surface area contributed by atoms with Crippen LogP contribution < -0.4 is 15.5 Å². The highest BCUT2D eigenvalue weighted by atomic mass is 16.2. The zero-order valence-corrected chi connectivity index (χ0v) is 13.8. The van der Waals surface area contributed by atoms with Crippen LogP contribution in [0.25, 0.3) is 0 Å². The SMILES string of the molecule is Cc1ccccc1NC(=O)C(=O)N[C@@H]1CCN(c2cnn(C)c2)C1. The summed E-state index contributed by atoms with van der Waals surface area (Å²) in [4.78, 5) is 26.3. The predicted octanol–water partition coefficient (Wildman–Crippen LogP) is 1.06. The summed E-state index contributed by atoms with van der Waals surface area (Å²) in [6.07, 6.45) is 4.54. The minimum Gasteiger partial charge on any atom is -0.367 e. The van der Waals surface area contributed by atoms with Crippen molar-refractivity contribution in [1.29, 1.82) is 0 Å². The summed E-state index contributed by atoms with van der Waals surface area (Å²) < 4.78 is 1.75. The molecule has 1 saturated heterocycles. The molecular formula is C17H21N5O2. The minimum absolute atomic E-state index is 0.0414. The second kappa shape index (κ2) is 6.74. The molecule has 1 aliphatic rings. The number of para-hydroxylation sites is 1. The van der Waals surface area contributed by atoms with Crippen LogP contribution in [-0.2, 0) is 16.6 Å². The number of carbonyl (C=O) groups is 2. The van der Waals surface area contributed by atoms with Crippen molar-refractivity contribution in [2.75, 3.05) is 23.3 Å². The standard InChI is InChI=1S/C17H21N5O2/c1-12-5-3-4-6-15(12)20-17(24)16(23)19-13-7-8-22(10-13)14-9-18-21(2)11-14/h3-6,9,11,13H,7-8,10H2,1-2H3,(H,19,23)(H,20,24)/t13-/m1/s1. The van der Waals surface area contributed by atoms with Crippen LogP contribution in [0.2, 0.25) is 0 Å². The van der Waals surface area contributed by atoms with Gasteiger partial charge in [-0.3, -0.25) is 14.3 Å². The number of anilines is 2. The van der Waals surface area contributed by atoms with E-state index < -0.39 is 11.8 Å². The molecule has 24 heavy (non-hydrogen) atoms. The molecule has 2 aromatic rings. The summed E-state index contributed by atoms with van der Waals surface area (Å²) in [5, 5.41) is 9.61. The molecule has 0 unspecified atom stereocenters. The largest absolute Gasteiger partial charge is 0.367 e. The molecule has 7 nitrogen and oxygen atoms in total. The molecular weight excluding hydrogens is 306 g/mol. The summed E-state index contributed by atoms with van der Waals surface area (Å²) in [6.45, 7) is 3.39. The van der Waals surface area contributed by atoms with Crippen LogP contribution >= 0.6 is 0 Å². The second-order valence-electron chi connectivity index (χ2n) is 6.05. The number of benzene rings is 1. The van der Waals surface area contributed by atoms with Crippen LogP contribution in [-0.4, -0.2) is 40.7 Å². The van der Waals surface area contributed by atoms with Crippen molar-refractivity contribution in [2.24, 2.45) is 7.05 Å². The summed E-state index contributed by atoms with van der Waals surface area (Å²) in [5.41, 5.74) is 2.60. The Balaban J connectivity index is 1.53. The minimum atomic E-state index is -0.635. The van der Waals surface area contributed by atoms with Gasteiger partial charge < -0.3 is 15.5 Å². The van der Waals surface area contributed by atoms with Crippen LogP contribution in [0.3, 0.4) is 0 Å². The van der Waals surface area contributed by atoms with Crippen LogP contribution in [0.15, 0.2) is 36.7 Å². The number of aryl methyl sites for hydroxylation is 2. The Hall–Kier alpha value is -2.83. The van der Waals surface area contributed by atoms with Gasteiger partial charge in [0, 0.05) is 38.1 Å². The first-order valence-corrected chi connectivity index (χ1v) is 7.94. The third-order valence-corrected chi connectivity index (χ3v) is 4.18. The maximum Gasteiger partial charge on any atom is 0.313 e. The first kappa shape index (κ1) is 16.0. The summed E-state index contributed by atoms with van der Waals surface area (Å²) in [7, 11) is 1.87. The smallest absolute Gasteiger partial charge is 0.313 e. The normalized spacial score (nSPS) is 16.9. The maximum absolute atomic E-state index is 12.1. The molecule has 2 N–H and O–H groups in total. The van der Waals surface area contributed by atoms with Gasteiger partial charge in [0.05, 0.1) is 11.9 Å². The first-order chi connectivity index (χ1) is 11.5. The Bertz CT molecular complexity index is 755. The van der Waals surface area contributed by atoms with Gasteiger partial charge in [-0.2, -0.15) is 5.10 Å². The van der Waals surface area contributed by atoms with Crippen LogP contribution in [0, 0.1) is 6.92 Å². The van der Waals surface area contributed by atoms with Gasteiger partial charge in [0.2, 0.25) is 0 Å². The summed E-state index contributed by atoms with van der Waals surface area (Å²) in [6, 6.07) is 7.33. The van der Waals surface area contributed by atoms with Crippen molar-refractivity contribution < 1.29 is 9.59 Å². The van der Waals surface area contributed by atoms with Gasteiger partial charge in [0.1, 0.15) is 0 Å². The van der Waals surface area contributed by atoms with Gasteiger partial charge in [-0.05, 0) is 25.0 Å². The first-order valence-electron chi connectivity index (χ1n) is 7.94. The van der Waals surface area contributed by atoms with Gasteiger partial charge >= 0.3 is 11.8 Å². The highest BCUT2D eigenvalue weighted by Gasteiger charge is 2.27. The van der Waals surface area contributed by atoms with E-state index >= 15 is 0 Å². The molecule has 1 aromatic heterocycles. The van der Waals surface area contributed by atoms with Gasteiger partial charge in [0.15, 0.2) is 0 Å². The Labute approximate surface area is 140 Å². The van der Waals surface area contributed by atoms with Gasteiger partial charge in [-0.1, -0.05) is 18.2 Å². The maximum atomic E-state index is 12.1. The number of rotatable bonds is 3. The fourth-order valence-corrected chi connectivity index (χ4v) is 2.83. The van der Waals surface area contributed by atoms with E-state index in [2.05, 4.69) is 20.6 Å². The Morgan fingerprint density at radius 3 is 2.75 bits per heavy atom. The lowest BCUT2D eigenvalue weighted by Crippen LogP contribution is -2.43. The van der Waals surface area contributed by atoms with E-state index in [4.69, 9.17) is 0 Å². The molecule has 1 aliphatic heterocycles. The highest BCUT2D eigenvalue weighted by Crippen LogP contribution is 2.19. The molecule has 1 atom stereocenters. The molecule has 0 spiro atoms. The topological polar surface area (TPSA) is 79.3 Å². The molecule has 3 rings (SSSR count). The molecule has 2 heterocycles. The predicted molar refractivity (Wildman–Crippen MR) is 91.8 cm³/mol. The monoisotopic (exact) mass is 327 g/mol. The fourth-order valence-electron chi connectivity index (χ4n) is 2.83. The van der Waals surface area contributed by atoms with E-state index in [0.29, 0.717) is 12.2 Å². The van der Waals surface area contributed by atoms with Crippen molar-refractivity contribution >= 4 is 23.2 Å². The van der Waals surface area contributed by atoms with Gasteiger partial charge in [0.25, 0.3) is 0 Å². The highest BCUT2D eigenvalue weighted by molar-refractivity contribution is 6.39. The van der Waals surface area contributed by atoms with E-state index in [1.165, 1.54) is 0 Å². The van der Waals surface area contributed by atoms with Crippen molar-refractivity contribution in [3.8, 4) is 0 Å². The third kappa shape index (κ3) is 3.56. The lowest BCUT2D eigenvalue weighted by Gasteiger charge is -2.16. The quantitative estimate of drug-likeness (QED) is 0.826. The molecule has 0 saturated carbocycles. The van der Waals surface area contributed by atoms with Crippen molar-refractivity contribution in [3.63, 3.8) is 0 Å². The molecule has 1 aromatic carbocycles. The Morgan fingerprint density at radius 1 is 1.25 bits per heavy atom. The summed E-state index contributed by atoms with van der Waals surface area (Å²) >= 11 is 0. The molecule has 7 heteroatoms. The van der Waals surface area contributed by atoms with Crippen LogP contribution in [0.1, 0.15) is 12.0 Å². The number of nitrogens with zero attached hydrogens (tertiary/aromatic N) is 3. The molecule has 2 amide bonds. The lowest BCUT2D eigenvalue weighted by atomic mass is 10.2. The Kier molecular flexibility index (Phi) is 4.50. The number of hydrogen-bond acceptors (Lipinski definition) is 4. The van der Waals surface area contributed by atoms with Crippen molar-refractivity contribution in [3.05, 3.63) is 42.2 Å². The van der Waals surface area contributed by atoms with E-state index in [1.807, 2.05) is 38.4 Å². The number of nitrogens with one attached hydrogen (secondary N) is 2. The van der Waals surface area contributed by atoms with Gasteiger partial charge in [-0.15, -0.1) is 0 Å². The number of hydrogen-bond donors (Lipinski definition) is 2. The zero-order chi connectivity index (χ0) is 17.1. The summed E-state index contributed by atoms with van der Waals surface area (Å²) in [5.74, 6) is -1.24. The average Bonchev–Trinajstić information content (AvgIpc) is 3.18. The van der Waals surface area contributed by atoms with Crippen LogP contribution in [0.5, 0.6) is 0 Å². The second-order valence-corrected chi connectivity index (χ2v) is 6.05. The average molecular weight is 327 g/mol. The number of amides is 2. The molecule has 0 bridgehead atoms. The zero-order valence-electron chi connectivity index (χ0n) is 13.8. The van der Waals surface area contributed by atoms with E-state index in [1.54, 1.807) is 16.9 Å². The lowest BCUT2D eigenvalue weighted by molar-refractivity contribution is -0.136. The van der Waals surface area contributed by atoms with E-state index in [0.717, 1.165) is 24.2 Å². The third-order valence-electron chi connectivity index (χ3n) is 4.18. The molecule has 126 valence electrons. The Morgan fingerprint density at radius 2 is 2.04 bits per heavy atom. The van der Waals surface area contributed by atoms with E-state index in [9.17, 15) is 9.59 Å². The molecule has 0 radical (unpaired) electrons. The molecule has 1 fully saturated rings. The fraction of sp³-hybridized carbons (Fsp3) is 0.353. The van der Waals surface area contributed by atoms with Crippen molar-refractivity contribution in [1.82, 2.24) is 15.1 Å². The molecule has 0 aliphatic carbocycles. The van der Waals surface area contributed by atoms with E-state index in [-0.39, 0.29) is 6.04 Å².